The second-order valence-electron chi connectivity index (χ2n) is 13.9. The van der Waals surface area contributed by atoms with Crippen LogP contribution in [0, 0.1) is 17.8 Å². The van der Waals surface area contributed by atoms with Gasteiger partial charge < -0.3 is 37.9 Å². The van der Waals surface area contributed by atoms with Crippen molar-refractivity contribution in [1.82, 2.24) is 0 Å². The average molecular weight is 807 g/mol. The van der Waals surface area contributed by atoms with Gasteiger partial charge in [0, 0.05) is 17.8 Å². The summed E-state index contributed by atoms with van der Waals surface area (Å²) >= 11 is 0. The fourth-order valence-electron chi connectivity index (χ4n) is 7.65. The molecule has 310 valence electrons. The normalized spacial score (nSPS) is 19.6. The Bertz CT molecular complexity index is 2210. The molecule has 2 aliphatic rings. The van der Waals surface area contributed by atoms with Crippen LogP contribution < -0.4 is 28.4 Å². The maximum atomic E-state index is 14.8. The van der Waals surface area contributed by atoms with E-state index in [1.165, 1.54) is 68.0 Å². The van der Waals surface area contributed by atoms with Crippen molar-refractivity contribution in [3.63, 3.8) is 0 Å². The SMILES string of the molecule is COC1=CCC(/C=C/C(=O)C(C(=O)/C=C/c2ccc(OC)c(OC)c2)C2(c3ccc(OC)c(OC)c3)CC(=O)C(C(=O)/C=C/c3ccc(OC)c(OC)c3)C2)C=C1OC. The summed E-state index contributed by atoms with van der Waals surface area (Å²) in [5, 5.41) is 0. The summed E-state index contributed by atoms with van der Waals surface area (Å²) in [5.74, 6) is -1.08. The number of carbonyl (C=O) groups is 4. The van der Waals surface area contributed by atoms with Gasteiger partial charge in [0.1, 0.15) is 5.78 Å². The Balaban J connectivity index is 1.62. The van der Waals surface area contributed by atoms with Crippen LogP contribution in [0.25, 0.3) is 12.2 Å². The minimum Gasteiger partial charge on any atom is -0.493 e. The predicted octanol–water partition coefficient (Wildman–Crippen LogP) is 7.34. The number of benzene rings is 3. The van der Waals surface area contributed by atoms with Gasteiger partial charge in [0.2, 0.25) is 0 Å². The molecule has 0 aromatic heterocycles. The number of rotatable bonds is 19. The van der Waals surface area contributed by atoms with E-state index in [2.05, 4.69) is 0 Å². The van der Waals surface area contributed by atoms with E-state index >= 15 is 0 Å². The molecule has 12 heteroatoms. The van der Waals surface area contributed by atoms with E-state index in [1.807, 2.05) is 12.2 Å². The number of carbonyl (C=O) groups excluding carboxylic acids is 4. The van der Waals surface area contributed by atoms with Crippen LogP contribution in [0.4, 0.5) is 0 Å². The number of allylic oxidation sites excluding steroid dienone is 6. The quantitative estimate of drug-likeness (QED) is 0.0884. The van der Waals surface area contributed by atoms with Gasteiger partial charge in [-0.3, -0.25) is 19.2 Å². The van der Waals surface area contributed by atoms with E-state index in [-0.39, 0.29) is 18.8 Å². The van der Waals surface area contributed by atoms with Gasteiger partial charge in [-0.1, -0.05) is 36.4 Å². The number of Topliss-reactive ketones (excluding diaryl/α,β-unsaturated/α-hetero) is 1. The molecule has 1 fully saturated rings. The molecule has 4 unspecified atom stereocenters. The summed E-state index contributed by atoms with van der Waals surface area (Å²) in [6.07, 6.45) is 12.7. The van der Waals surface area contributed by atoms with Crippen LogP contribution in [-0.4, -0.2) is 80.0 Å². The minimum absolute atomic E-state index is 0.131. The fourth-order valence-corrected chi connectivity index (χ4v) is 7.65. The third kappa shape index (κ3) is 9.60. The van der Waals surface area contributed by atoms with Gasteiger partial charge in [-0.15, -0.1) is 0 Å². The maximum Gasteiger partial charge on any atom is 0.167 e. The van der Waals surface area contributed by atoms with Crippen molar-refractivity contribution in [1.29, 1.82) is 0 Å². The second kappa shape index (κ2) is 19.7. The monoisotopic (exact) mass is 806 g/mol. The highest BCUT2D eigenvalue weighted by Crippen LogP contribution is 2.51. The van der Waals surface area contributed by atoms with Crippen molar-refractivity contribution in [2.45, 2.75) is 24.7 Å². The lowest BCUT2D eigenvalue weighted by Crippen LogP contribution is -2.42. The third-order valence-electron chi connectivity index (χ3n) is 10.7. The van der Waals surface area contributed by atoms with E-state index in [0.29, 0.717) is 69.1 Å². The Kier molecular flexibility index (Phi) is 14.6. The molecule has 0 spiro atoms. The van der Waals surface area contributed by atoms with Crippen LogP contribution in [0.3, 0.4) is 0 Å². The highest BCUT2D eigenvalue weighted by Gasteiger charge is 2.56. The molecule has 3 aromatic rings. The van der Waals surface area contributed by atoms with Crippen molar-refractivity contribution < 1.29 is 57.1 Å². The molecule has 12 nitrogen and oxygen atoms in total. The molecule has 0 bridgehead atoms. The Morgan fingerprint density at radius 1 is 0.610 bits per heavy atom. The first-order valence-electron chi connectivity index (χ1n) is 18.8. The molecule has 0 aliphatic heterocycles. The first kappa shape index (κ1) is 43.6. The summed E-state index contributed by atoms with van der Waals surface area (Å²) < 4.78 is 43.6. The molecule has 0 heterocycles. The minimum atomic E-state index is -1.47. The molecular formula is C47H50O12. The topological polar surface area (TPSA) is 142 Å². The van der Waals surface area contributed by atoms with E-state index in [1.54, 1.807) is 79.9 Å². The summed E-state index contributed by atoms with van der Waals surface area (Å²) in [4.78, 5) is 57.8. The molecule has 0 saturated heterocycles. The van der Waals surface area contributed by atoms with E-state index < -0.39 is 40.4 Å². The highest BCUT2D eigenvalue weighted by molar-refractivity contribution is 6.16. The van der Waals surface area contributed by atoms with Crippen LogP contribution in [0.5, 0.6) is 34.5 Å². The van der Waals surface area contributed by atoms with Gasteiger partial charge in [-0.25, -0.2) is 0 Å². The van der Waals surface area contributed by atoms with Gasteiger partial charge in [-0.2, -0.15) is 0 Å². The number of hydrogen-bond acceptors (Lipinski definition) is 12. The molecule has 4 atom stereocenters. The zero-order valence-corrected chi connectivity index (χ0v) is 34.6. The Hall–Kier alpha value is -6.56. The molecule has 0 amide bonds. The molecule has 0 radical (unpaired) electrons. The smallest absolute Gasteiger partial charge is 0.167 e. The second-order valence-corrected chi connectivity index (χ2v) is 13.9. The Morgan fingerprint density at radius 2 is 1.12 bits per heavy atom. The summed E-state index contributed by atoms with van der Waals surface area (Å²) in [6, 6.07) is 15.4. The van der Waals surface area contributed by atoms with Crippen LogP contribution in [-0.2, 0) is 34.1 Å². The standard InChI is InChI=1S/C47H50O12/c1-52-38-19-12-29(23-42(38)56-5)9-16-34(48)33-27-47(28-37(33)51,32-15-22-41(55-4)45(26-32)59-8)46(35(49)17-10-30-13-20-39(53-2)43(24-30)57-6)36(50)18-11-31-14-21-40(54-3)44(25-31)58-7/h9-13,15-26,31,33,46H,14,27-28H2,1-8H3/b16-9+,17-10+,18-11+. The van der Waals surface area contributed by atoms with E-state index in [0.717, 1.165) is 0 Å². The Labute approximate surface area is 344 Å². The van der Waals surface area contributed by atoms with Gasteiger partial charge in [0.05, 0.1) is 68.7 Å². The summed E-state index contributed by atoms with van der Waals surface area (Å²) in [5.41, 5.74) is 0.239. The van der Waals surface area contributed by atoms with Crippen molar-refractivity contribution in [3.05, 3.63) is 119 Å². The molecule has 5 rings (SSSR count). The first-order chi connectivity index (χ1) is 28.5. The maximum absolute atomic E-state index is 14.8. The Morgan fingerprint density at radius 3 is 1.66 bits per heavy atom. The number of ketones is 4. The van der Waals surface area contributed by atoms with Gasteiger partial charge in [-0.05, 0) is 96.3 Å². The first-order valence-corrected chi connectivity index (χ1v) is 18.8. The largest absolute Gasteiger partial charge is 0.493 e. The number of methoxy groups -OCH3 is 8. The molecule has 59 heavy (non-hydrogen) atoms. The predicted molar refractivity (Wildman–Crippen MR) is 222 cm³/mol. The van der Waals surface area contributed by atoms with Gasteiger partial charge >= 0.3 is 0 Å². The number of hydrogen-bond donors (Lipinski definition) is 0. The lowest BCUT2D eigenvalue weighted by Gasteiger charge is -2.35. The van der Waals surface area contributed by atoms with Crippen molar-refractivity contribution in [2.24, 2.45) is 17.8 Å². The van der Waals surface area contributed by atoms with Crippen molar-refractivity contribution >= 4 is 35.3 Å². The molecule has 1 saturated carbocycles. The van der Waals surface area contributed by atoms with Crippen molar-refractivity contribution in [2.75, 3.05) is 56.9 Å². The van der Waals surface area contributed by atoms with Gasteiger partial charge in [0.25, 0.3) is 0 Å². The molecule has 2 aliphatic carbocycles. The van der Waals surface area contributed by atoms with Crippen LogP contribution in [0.1, 0.15) is 36.0 Å². The fraction of sp³-hybridized carbons (Fsp3) is 0.319. The lowest BCUT2D eigenvalue weighted by atomic mass is 9.64. The summed E-state index contributed by atoms with van der Waals surface area (Å²) in [6.45, 7) is 0. The molecular weight excluding hydrogens is 757 g/mol. The van der Waals surface area contributed by atoms with Crippen LogP contribution in [0.15, 0.2) is 103 Å². The molecule has 0 N–H and O–H groups in total. The third-order valence-corrected chi connectivity index (χ3v) is 10.7. The van der Waals surface area contributed by atoms with Crippen LogP contribution >= 0.6 is 0 Å². The lowest BCUT2D eigenvalue weighted by molar-refractivity contribution is -0.131. The molecule has 3 aromatic carbocycles. The zero-order valence-electron chi connectivity index (χ0n) is 34.6. The zero-order chi connectivity index (χ0) is 42.7. The van der Waals surface area contributed by atoms with Crippen LogP contribution in [0.2, 0.25) is 0 Å². The number of ether oxygens (including phenoxy) is 8. The van der Waals surface area contributed by atoms with Crippen molar-refractivity contribution in [3.8, 4) is 34.5 Å². The van der Waals surface area contributed by atoms with E-state index in [9.17, 15) is 19.2 Å². The average Bonchev–Trinajstić information content (AvgIpc) is 3.62. The highest BCUT2D eigenvalue weighted by atomic mass is 16.5. The van der Waals surface area contributed by atoms with E-state index in [4.69, 9.17) is 37.9 Å². The van der Waals surface area contributed by atoms with Gasteiger partial charge in [0.15, 0.2) is 63.4 Å². The summed E-state index contributed by atoms with van der Waals surface area (Å²) in [7, 11) is 12.1.